The van der Waals surface area contributed by atoms with E-state index in [-0.39, 0.29) is 30.3 Å². The van der Waals surface area contributed by atoms with Gasteiger partial charge in [0.2, 0.25) is 0 Å². The molecule has 158 valence electrons. The zero-order valence-electron chi connectivity index (χ0n) is 16.6. The largest absolute Gasteiger partial charge is 0.495 e. The molecule has 0 saturated heterocycles. The number of amides is 1. The van der Waals surface area contributed by atoms with Gasteiger partial charge in [-0.15, -0.1) is 0 Å². The van der Waals surface area contributed by atoms with Gasteiger partial charge in [0, 0.05) is 6.07 Å². The summed E-state index contributed by atoms with van der Waals surface area (Å²) in [6, 6.07) is 7.51. The number of nitro groups is 1. The molecule has 0 saturated carbocycles. The van der Waals surface area contributed by atoms with Gasteiger partial charge in [-0.1, -0.05) is 6.07 Å². The van der Waals surface area contributed by atoms with Crippen LogP contribution < -0.4 is 19.5 Å². The number of esters is 1. The van der Waals surface area contributed by atoms with E-state index >= 15 is 0 Å². The third-order valence-electron chi connectivity index (χ3n) is 4.34. The Morgan fingerprint density at radius 3 is 2.47 bits per heavy atom. The van der Waals surface area contributed by atoms with E-state index in [1.807, 2.05) is 13.0 Å². The SMILES string of the molecule is COc1ccc(C)cc1NC(=O)[C@@H](C)OC(=O)c1cc2c(cc1[N+](=O)[O-])OCCO2. The quantitative estimate of drug-likeness (QED) is 0.433. The molecule has 10 heteroatoms. The Kier molecular flexibility index (Phi) is 6.05. The standard InChI is InChI=1S/C20H20N2O8/c1-11-4-5-16(27-3)14(8-11)21-19(23)12(2)30-20(24)13-9-17-18(29-7-6-28-17)10-15(13)22(25)26/h4-5,8-10,12H,6-7H2,1-3H3,(H,21,23)/t12-/m1/s1. The van der Waals surface area contributed by atoms with Crippen molar-refractivity contribution in [1.29, 1.82) is 0 Å². The second kappa shape index (κ2) is 8.68. The van der Waals surface area contributed by atoms with Crippen molar-refractivity contribution < 1.29 is 33.5 Å². The van der Waals surface area contributed by atoms with Crippen LogP contribution in [0.4, 0.5) is 11.4 Å². The van der Waals surface area contributed by atoms with Gasteiger partial charge in [-0.3, -0.25) is 14.9 Å². The molecule has 2 aromatic rings. The minimum Gasteiger partial charge on any atom is -0.495 e. The first-order chi connectivity index (χ1) is 14.3. The minimum absolute atomic E-state index is 0.168. The molecular formula is C20H20N2O8. The number of benzene rings is 2. The van der Waals surface area contributed by atoms with E-state index in [0.717, 1.165) is 11.6 Å². The number of anilines is 1. The summed E-state index contributed by atoms with van der Waals surface area (Å²) in [5.74, 6) is -0.845. The Morgan fingerprint density at radius 2 is 1.83 bits per heavy atom. The van der Waals surface area contributed by atoms with Crippen molar-refractivity contribution in [3.05, 3.63) is 51.6 Å². The molecule has 0 aliphatic carbocycles. The van der Waals surface area contributed by atoms with Crippen LogP contribution in [0.5, 0.6) is 17.2 Å². The number of ether oxygens (including phenoxy) is 4. The summed E-state index contributed by atoms with van der Waals surface area (Å²) in [6.07, 6.45) is -1.23. The van der Waals surface area contributed by atoms with Crippen molar-refractivity contribution >= 4 is 23.3 Å². The van der Waals surface area contributed by atoms with Gasteiger partial charge in [-0.05, 0) is 31.5 Å². The molecule has 2 aromatic carbocycles. The average molecular weight is 416 g/mol. The number of methoxy groups -OCH3 is 1. The summed E-state index contributed by atoms with van der Waals surface area (Å²) in [6.45, 7) is 3.70. The van der Waals surface area contributed by atoms with E-state index in [4.69, 9.17) is 18.9 Å². The van der Waals surface area contributed by atoms with E-state index in [2.05, 4.69) is 5.32 Å². The number of carbonyl (C=O) groups excluding carboxylic acids is 2. The second-order valence-electron chi connectivity index (χ2n) is 6.51. The first-order valence-corrected chi connectivity index (χ1v) is 9.04. The Morgan fingerprint density at radius 1 is 1.17 bits per heavy atom. The van der Waals surface area contributed by atoms with Crippen LogP contribution in [0.2, 0.25) is 0 Å². The predicted octanol–water partition coefficient (Wildman–Crippen LogP) is 2.87. The van der Waals surface area contributed by atoms with E-state index in [0.29, 0.717) is 11.4 Å². The van der Waals surface area contributed by atoms with E-state index in [1.165, 1.54) is 20.1 Å². The summed E-state index contributed by atoms with van der Waals surface area (Å²) in [7, 11) is 1.46. The van der Waals surface area contributed by atoms with E-state index in [1.54, 1.807) is 12.1 Å². The Hall–Kier alpha value is -3.82. The Labute approximate surface area is 171 Å². The van der Waals surface area contributed by atoms with Gasteiger partial charge in [-0.25, -0.2) is 4.79 Å². The molecule has 1 N–H and O–H groups in total. The number of aryl methyl sites for hydroxylation is 1. The number of fused-ring (bicyclic) bond motifs is 1. The molecular weight excluding hydrogens is 396 g/mol. The molecule has 0 aromatic heterocycles. The van der Waals surface area contributed by atoms with Crippen LogP contribution in [0.25, 0.3) is 0 Å². The van der Waals surface area contributed by atoms with Gasteiger partial charge >= 0.3 is 5.97 Å². The molecule has 0 spiro atoms. The van der Waals surface area contributed by atoms with Crippen molar-refractivity contribution in [2.45, 2.75) is 20.0 Å². The summed E-state index contributed by atoms with van der Waals surface area (Å²) < 4.78 is 21.0. The number of nitrogens with one attached hydrogen (secondary N) is 1. The molecule has 30 heavy (non-hydrogen) atoms. The lowest BCUT2D eigenvalue weighted by atomic mass is 10.1. The van der Waals surface area contributed by atoms with Crippen molar-refractivity contribution in [3.63, 3.8) is 0 Å². The molecule has 0 unspecified atom stereocenters. The van der Waals surface area contributed by atoms with Gasteiger partial charge in [0.15, 0.2) is 17.6 Å². The zero-order valence-corrected chi connectivity index (χ0v) is 16.6. The third kappa shape index (κ3) is 4.43. The number of rotatable bonds is 6. The fourth-order valence-electron chi connectivity index (χ4n) is 2.82. The molecule has 10 nitrogen and oxygen atoms in total. The number of hydrogen-bond donors (Lipinski definition) is 1. The van der Waals surface area contributed by atoms with Gasteiger partial charge in [0.25, 0.3) is 11.6 Å². The fraction of sp³-hybridized carbons (Fsp3) is 0.300. The van der Waals surface area contributed by atoms with Crippen molar-refractivity contribution in [1.82, 2.24) is 0 Å². The highest BCUT2D eigenvalue weighted by molar-refractivity contribution is 6.00. The molecule has 1 atom stereocenters. The highest BCUT2D eigenvalue weighted by Crippen LogP contribution is 2.37. The first-order valence-electron chi connectivity index (χ1n) is 9.04. The number of nitrogens with zero attached hydrogens (tertiary/aromatic N) is 1. The number of nitro benzene ring substituents is 1. The molecule has 3 rings (SSSR count). The van der Waals surface area contributed by atoms with E-state index in [9.17, 15) is 19.7 Å². The maximum atomic E-state index is 12.6. The van der Waals surface area contributed by atoms with Crippen molar-refractivity contribution in [2.75, 3.05) is 25.6 Å². The molecule has 0 radical (unpaired) electrons. The highest BCUT2D eigenvalue weighted by atomic mass is 16.6. The Balaban J connectivity index is 1.78. The molecule has 1 aliphatic rings. The number of carbonyl (C=O) groups is 2. The molecule has 1 amide bonds. The minimum atomic E-state index is -1.23. The Bertz CT molecular complexity index is 1000. The molecule has 1 aliphatic heterocycles. The van der Waals surface area contributed by atoms with Crippen LogP contribution in [0, 0.1) is 17.0 Å². The van der Waals surface area contributed by atoms with Crippen LogP contribution in [0.3, 0.4) is 0 Å². The average Bonchev–Trinajstić information content (AvgIpc) is 2.72. The summed E-state index contributed by atoms with van der Waals surface area (Å²) in [5.41, 5.74) is 0.465. The summed E-state index contributed by atoms with van der Waals surface area (Å²) >= 11 is 0. The first kappa shape index (κ1) is 20.9. The second-order valence-corrected chi connectivity index (χ2v) is 6.51. The lowest BCUT2D eigenvalue weighted by molar-refractivity contribution is -0.385. The van der Waals surface area contributed by atoms with Crippen molar-refractivity contribution in [3.8, 4) is 17.2 Å². The van der Waals surface area contributed by atoms with Crippen LogP contribution in [0.1, 0.15) is 22.8 Å². The van der Waals surface area contributed by atoms with Gasteiger partial charge in [0.05, 0.1) is 23.8 Å². The van der Waals surface area contributed by atoms with Crippen molar-refractivity contribution in [2.24, 2.45) is 0 Å². The van der Waals surface area contributed by atoms with Crippen LogP contribution in [0.15, 0.2) is 30.3 Å². The number of hydrogen-bond acceptors (Lipinski definition) is 8. The normalized spacial score (nSPS) is 13.2. The van der Waals surface area contributed by atoms with Gasteiger partial charge < -0.3 is 24.3 Å². The van der Waals surface area contributed by atoms with Crippen LogP contribution in [-0.4, -0.2) is 43.2 Å². The molecule has 0 fully saturated rings. The van der Waals surface area contributed by atoms with Crippen LogP contribution in [-0.2, 0) is 9.53 Å². The lowest BCUT2D eigenvalue weighted by Gasteiger charge is -2.19. The van der Waals surface area contributed by atoms with Gasteiger partial charge in [0.1, 0.15) is 24.5 Å². The maximum absolute atomic E-state index is 12.6. The topological polar surface area (TPSA) is 126 Å². The predicted molar refractivity (Wildman–Crippen MR) is 105 cm³/mol. The molecule has 1 heterocycles. The lowest BCUT2D eigenvalue weighted by Crippen LogP contribution is -2.30. The zero-order chi connectivity index (χ0) is 21.8. The maximum Gasteiger partial charge on any atom is 0.346 e. The third-order valence-corrected chi connectivity index (χ3v) is 4.34. The van der Waals surface area contributed by atoms with E-state index < -0.39 is 28.6 Å². The molecule has 0 bridgehead atoms. The smallest absolute Gasteiger partial charge is 0.346 e. The van der Waals surface area contributed by atoms with Crippen LogP contribution >= 0.6 is 0 Å². The monoisotopic (exact) mass is 416 g/mol. The summed E-state index contributed by atoms with van der Waals surface area (Å²) in [5, 5.41) is 14.0. The fourth-order valence-corrected chi connectivity index (χ4v) is 2.82. The summed E-state index contributed by atoms with van der Waals surface area (Å²) in [4.78, 5) is 35.7. The van der Waals surface area contributed by atoms with Gasteiger partial charge in [-0.2, -0.15) is 0 Å². The highest BCUT2D eigenvalue weighted by Gasteiger charge is 2.29.